The van der Waals surface area contributed by atoms with Gasteiger partial charge in [0.2, 0.25) is 0 Å². The second kappa shape index (κ2) is 7.25. The van der Waals surface area contributed by atoms with Gasteiger partial charge in [0.1, 0.15) is 18.1 Å². The van der Waals surface area contributed by atoms with Gasteiger partial charge in [0, 0.05) is 6.42 Å². The molecule has 0 bridgehead atoms. The third-order valence-electron chi connectivity index (χ3n) is 3.16. The van der Waals surface area contributed by atoms with Crippen LogP contribution in [0.1, 0.15) is 30.4 Å². The predicted molar refractivity (Wildman–Crippen MR) is 80.9 cm³/mol. The van der Waals surface area contributed by atoms with Crippen LogP contribution in [0.4, 0.5) is 0 Å². The lowest BCUT2D eigenvalue weighted by atomic mass is 9.95. The molecule has 1 unspecified atom stereocenters. The SMILES string of the molecule is CC(=O)CC(C#N)c1cccc(OCc2ccccc2)c1. The van der Waals surface area contributed by atoms with Crippen molar-refractivity contribution in [2.45, 2.75) is 25.9 Å². The van der Waals surface area contributed by atoms with Crippen molar-refractivity contribution in [2.75, 3.05) is 0 Å². The molecule has 0 aliphatic carbocycles. The predicted octanol–water partition coefficient (Wildman–Crippen LogP) is 3.85. The zero-order chi connectivity index (χ0) is 15.1. The number of rotatable bonds is 6. The zero-order valence-corrected chi connectivity index (χ0v) is 12.0. The van der Waals surface area contributed by atoms with Gasteiger partial charge in [-0.3, -0.25) is 4.79 Å². The minimum atomic E-state index is -0.414. The smallest absolute Gasteiger partial charge is 0.131 e. The Bertz CT molecular complexity index is 644. The number of carbonyl (C=O) groups is 1. The van der Waals surface area contributed by atoms with Crippen LogP contribution in [0.2, 0.25) is 0 Å². The Kier molecular flexibility index (Phi) is 5.11. The van der Waals surface area contributed by atoms with Crippen LogP contribution in [0.3, 0.4) is 0 Å². The molecule has 106 valence electrons. The number of Topliss-reactive ketones (excluding diaryl/α,β-unsaturated/α-hetero) is 1. The highest BCUT2D eigenvalue weighted by Gasteiger charge is 2.13. The van der Waals surface area contributed by atoms with Gasteiger partial charge in [0.15, 0.2) is 0 Å². The quantitative estimate of drug-likeness (QED) is 0.807. The number of carbonyl (C=O) groups excluding carboxylic acids is 1. The number of hydrogen-bond donors (Lipinski definition) is 0. The van der Waals surface area contributed by atoms with Crippen LogP contribution < -0.4 is 4.74 Å². The Balaban J connectivity index is 2.07. The average Bonchev–Trinajstić information content (AvgIpc) is 2.52. The molecule has 0 aliphatic rings. The summed E-state index contributed by atoms with van der Waals surface area (Å²) >= 11 is 0. The van der Waals surface area contributed by atoms with Gasteiger partial charge < -0.3 is 4.74 Å². The third-order valence-corrected chi connectivity index (χ3v) is 3.16. The minimum Gasteiger partial charge on any atom is -0.489 e. The summed E-state index contributed by atoms with van der Waals surface area (Å²) in [6.07, 6.45) is 0.235. The standard InChI is InChI=1S/C18H17NO2/c1-14(20)10-17(12-19)16-8-5-9-18(11-16)21-13-15-6-3-2-4-7-15/h2-9,11,17H,10,13H2,1H3. The van der Waals surface area contributed by atoms with Crippen molar-refractivity contribution in [2.24, 2.45) is 0 Å². The van der Waals surface area contributed by atoms with Crippen molar-refractivity contribution >= 4 is 5.78 Å². The van der Waals surface area contributed by atoms with E-state index in [0.717, 1.165) is 11.1 Å². The maximum Gasteiger partial charge on any atom is 0.131 e. The van der Waals surface area contributed by atoms with Gasteiger partial charge in [-0.15, -0.1) is 0 Å². The van der Waals surface area contributed by atoms with E-state index in [1.54, 1.807) is 0 Å². The molecule has 0 N–H and O–H groups in total. The molecule has 0 heterocycles. The normalized spacial score (nSPS) is 11.4. The van der Waals surface area contributed by atoms with Crippen molar-refractivity contribution in [1.82, 2.24) is 0 Å². The van der Waals surface area contributed by atoms with E-state index in [9.17, 15) is 10.1 Å². The summed E-state index contributed by atoms with van der Waals surface area (Å²) in [5.41, 5.74) is 1.90. The zero-order valence-electron chi connectivity index (χ0n) is 12.0. The van der Waals surface area contributed by atoms with Crippen molar-refractivity contribution in [3.8, 4) is 11.8 Å². The maximum absolute atomic E-state index is 11.2. The largest absolute Gasteiger partial charge is 0.489 e. The fourth-order valence-electron chi connectivity index (χ4n) is 2.09. The highest BCUT2D eigenvalue weighted by molar-refractivity contribution is 5.77. The van der Waals surface area contributed by atoms with Crippen molar-refractivity contribution in [3.05, 3.63) is 65.7 Å². The molecule has 3 heteroatoms. The monoisotopic (exact) mass is 279 g/mol. The van der Waals surface area contributed by atoms with Crippen LogP contribution in [0.15, 0.2) is 54.6 Å². The molecule has 3 nitrogen and oxygen atoms in total. The van der Waals surface area contributed by atoms with Gasteiger partial charge in [0.25, 0.3) is 0 Å². The molecule has 0 fully saturated rings. The topological polar surface area (TPSA) is 50.1 Å². The summed E-state index contributed by atoms with van der Waals surface area (Å²) < 4.78 is 5.74. The first-order chi connectivity index (χ1) is 10.2. The molecule has 2 aromatic carbocycles. The molecule has 0 amide bonds. The molecule has 0 aliphatic heterocycles. The van der Waals surface area contributed by atoms with Crippen LogP contribution in [0.25, 0.3) is 0 Å². The highest BCUT2D eigenvalue weighted by Crippen LogP contribution is 2.24. The summed E-state index contributed by atoms with van der Waals surface area (Å²) in [5.74, 6) is 0.306. The first-order valence-electron chi connectivity index (χ1n) is 6.85. The lowest BCUT2D eigenvalue weighted by Gasteiger charge is -2.11. The lowest BCUT2D eigenvalue weighted by molar-refractivity contribution is -0.117. The van der Waals surface area contributed by atoms with Crippen molar-refractivity contribution in [3.63, 3.8) is 0 Å². The van der Waals surface area contributed by atoms with Crippen molar-refractivity contribution in [1.29, 1.82) is 5.26 Å². The lowest BCUT2D eigenvalue weighted by Crippen LogP contribution is -2.03. The summed E-state index contributed by atoms with van der Waals surface area (Å²) in [6.45, 7) is 1.98. The number of ketones is 1. The van der Waals surface area contributed by atoms with E-state index in [4.69, 9.17) is 4.74 Å². The average molecular weight is 279 g/mol. The Hall–Kier alpha value is -2.60. The van der Waals surface area contributed by atoms with E-state index in [-0.39, 0.29) is 12.2 Å². The number of nitrogens with zero attached hydrogens (tertiary/aromatic N) is 1. The third kappa shape index (κ3) is 4.47. The van der Waals surface area contributed by atoms with Crippen LogP contribution in [0, 0.1) is 11.3 Å². The molecule has 2 rings (SSSR count). The molecule has 0 radical (unpaired) electrons. The molecule has 2 aromatic rings. The van der Waals surface area contributed by atoms with Crippen LogP contribution in [0.5, 0.6) is 5.75 Å². The van der Waals surface area contributed by atoms with Crippen LogP contribution in [-0.4, -0.2) is 5.78 Å². The molecule has 0 spiro atoms. The summed E-state index contributed by atoms with van der Waals surface area (Å²) in [7, 11) is 0. The molecule has 21 heavy (non-hydrogen) atoms. The fraction of sp³-hybridized carbons (Fsp3) is 0.222. The van der Waals surface area contributed by atoms with E-state index in [2.05, 4.69) is 6.07 Å². The molecule has 1 atom stereocenters. The van der Waals surface area contributed by atoms with E-state index < -0.39 is 5.92 Å². The van der Waals surface area contributed by atoms with Gasteiger partial charge in [0.05, 0.1) is 12.0 Å². The van der Waals surface area contributed by atoms with E-state index in [0.29, 0.717) is 12.4 Å². The van der Waals surface area contributed by atoms with Crippen LogP contribution >= 0.6 is 0 Å². The molecular weight excluding hydrogens is 262 g/mol. The second-order valence-electron chi connectivity index (χ2n) is 4.93. The Morgan fingerprint density at radius 3 is 2.62 bits per heavy atom. The van der Waals surface area contributed by atoms with Crippen molar-refractivity contribution < 1.29 is 9.53 Å². The van der Waals surface area contributed by atoms with Gasteiger partial charge in [-0.05, 0) is 30.2 Å². The minimum absolute atomic E-state index is 0.0113. The van der Waals surface area contributed by atoms with Gasteiger partial charge >= 0.3 is 0 Å². The molecular formula is C18H17NO2. The number of nitriles is 1. The summed E-state index contributed by atoms with van der Waals surface area (Å²) in [6, 6.07) is 19.5. The van der Waals surface area contributed by atoms with Gasteiger partial charge in [-0.2, -0.15) is 5.26 Å². The van der Waals surface area contributed by atoms with E-state index >= 15 is 0 Å². The fourth-order valence-corrected chi connectivity index (χ4v) is 2.09. The number of ether oxygens (including phenoxy) is 1. The van der Waals surface area contributed by atoms with Gasteiger partial charge in [-0.25, -0.2) is 0 Å². The van der Waals surface area contributed by atoms with E-state index in [1.807, 2.05) is 54.6 Å². The maximum atomic E-state index is 11.2. The number of benzene rings is 2. The molecule has 0 aromatic heterocycles. The highest BCUT2D eigenvalue weighted by atomic mass is 16.5. The van der Waals surface area contributed by atoms with E-state index in [1.165, 1.54) is 6.92 Å². The molecule has 0 saturated heterocycles. The summed E-state index contributed by atoms with van der Waals surface area (Å²) in [5, 5.41) is 9.18. The van der Waals surface area contributed by atoms with Crippen LogP contribution in [-0.2, 0) is 11.4 Å². The number of hydrogen-bond acceptors (Lipinski definition) is 3. The Morgan fingerprint density at radius 1 is 1.19 bits per heavy atom. The van der Waals surface area contributed by atoms with Gasteiger partial charge in [-0.1, -0.05) is 42.5 Å². The second-order valence-corrected chi connectivity index (χ2v) is 4.93. The molecule has 0 saturated carbocycles. The first kappa shape index (κ1) is 14.8. The Labute approximate surface area is 124 Å². The summed E-state index contributed by atoms with van der Waals surface area (Å²) in [4.78, 5) is 11.2. The first-order valence-corrected chi connectivity index (χ1v) is 6.85. The Morgan fingerprint density at radius 2 is 1.95 bits per heavy atom.